The molecule has 1 rings (SSSR count). The van der Waals surface area contributed by atoms with E-state index in [9.17, 15) is 0 Å². The first-order valence-corrected chi connectivity index (χ1v) is 4.27. The maximum absolute atomic E-state index is 3.94. The minimum absolute atomic E-state index is 0.502. The van der Waals surface area contributed by atoms with Gasteiger partial charge in [0.25, 0.3) is 0 Å². The maximum Gasteiger partial charge on any atom is 0.0547 e. The number of rotatable bonds is 3. The van der Waals surface area contributed by atoms with Crippen LogP contribution in [0.15, 0.2) is 24.4 Å². The summed E-state index contributed by atoms with van der Waals surface area (Å²) in [5.41, 5.74) is 2.43. The van der Waals surface area contributed by atoms with Gasteiger partial charge in [-0.2, -0.15) is 0 Å². The Morgan fingerprint density at radius 1 is 1.64 bits per heavy atom. The van der Waals surface area contributed by atoms with E-state index in [0.29, 0.717) is 12.0 Å². The topological polar surface area (TPSA) is 12.0 Å². The highest BCUT2D eigenvalue weighted by molar-refractivity contribution is 5.24. The van der Waals surface area contributed by atoms with Gasteiger partial charge >= 0.3 is 0 Å². The summed E-state index contributed by atoms with van der Waals surface area (Å²) in [5, 5.41) is 3.28. The predicted molar refractivity (Wildman–Crippen MR) is 49.3 cm³/mol. The van der Waals surface area contributed by atoms with Crippen LogP contribution >= 0.6 is 0 Å². The van der Waals surface area contributed by atoms with Crippen LogP contribution < -0.4 is 5.32 Å². The Labute approximate surface area is 69.2 Å². The summed E-state index contributed by atoms with van der Waals surface area (Å²) in [7, 11) is 0. The minimum atomic E-state index is 0.502. The fourth-order valence-electron chi connectivity index (χ4n) is 1.63. The van der Waals surface area contributed by atoms with Crippen molar-refractivity contribution in [3.05, 3.63) is 24.4 Å². The van der Waals surface area contributed by atoms with E-state index in [1.54, 1.807) is 0 Å². The van der Waals surface area contributed by atoms with E-state index < -0.39 is 0 Å². The second-order valence-corrected chi connectivity index (χ2v) is 3.39. The van der Waals surface area contributed by atoms with Crippen molar-refractivity contribution in [3.63, 3.8) is 0 Å². The Morgan fingerprint density at radius 2 is 2.27 bits per heavy atom. The third-order valence-corrected chi connectivity index (χ3v) is 2.32. The summed E-state index contributed by atoms with van der Waals surface area (Å²) >= 11 is 0. The summed E-state index contributed by atoms with van der Waals surface area (Å²) in [6.45, 7) is 12.2. The van der Waals surface area contributed by atoms with Gasteiger partial charge in [0.15, 0.2) is 0 Å². The second-order valence-electron chi connectivity index (χ2n) is 3.39. The van der Waals surface area contributed by atoms with Gasteiger partial charge in [-0.3, -0.25) is 0 Å². The van der Waals surface area contributed by atoms with Crippen molar-refractivity contribution in [1.82, 2.24) is 5.32 Å². The van der Waals surface area contributed by atoms with Crippen LogP contribution in [-0.2, 0) is 0 Å². The molecule has 11 heavy (non-hydrogen) atoms. The van der Waals surface area contributed by atoms with Gasteiger partial charge in [0, 0.05) is 11.6 Å². The molecule has 1 heterocycles. The van der Waals surface area contributed by atoms with Gasteiger partial charge in [0.2, 0.25) is 0 Å². The first-order chi connectivity index (χ1) is 5.16. The fraction of sp³-hybridized carbons (Fsp3) is 0.600. The first-order valence-electron chi connectivity index (χ1n) is 4.27. The van der Waals surface area contributed by atoms with Gasteiger partial charge in [0.05, 0.1) is 6.04 Å². The Hall–Kier alpha value is -0.720. The average molecular weight is 151 g/mol. The molecule has 0 saturated carbocycles. The molecule has 1 heteroatoms. The molecule has 0 aliphatic carbocycles. The third-order valence-electron chi connectivity index (χ3n) is 2.32. The van der Waals surface area contributed by atoms with Crippen LogP contribution in [-0.4, -0.2) is 6.04 Å². The van der Waals surface area contributed by atoms with Crippen LogP contribution in [0.2, 0.25) is 0 Å². The van der Waals surface area contributed by atoms with Gasteiger partial charge in [-0.1, -0.05) is 32.1 Å². The Balaban J connectivity index is 2.47. The Kier molecular flexibility index (Phi) is 2.38. The van der Waals surface area contributed by atoms with Crippen LogP contribution in [0.3, 0.4) is 0 Å². The summed E-state index contributed by atoms with van der Waals surface area (Å²) < 4.78 is 0. The first kappa shape index (κ1) is 8.38. The lowest BCUT2D eigenvalue weighted by Crippen LogP contribution is -2.50. The Morgan fingerprint density at radius 3 is 2.64 bits per heavy atom. The summed E-state index contributed by atoms with van der Waals surface area (Å²) in [5.74, 6) is 0.650. The highest BCUT2D eigenvalue weighted by Gasteiger charge is 2.33. The lowest BCUT2D eigenvalue weighted by Gasteiger charge is -2.41. The third kappa shape index (κ3) is 1.47. The molecule has 1 aliphatic heterocycles. The van der Waals surface area contributed by atoms with Crippen LogP contribution in [0.5, 0.6) is 0 Å². The van der Waals surface area contributed by atoms with E-state index in [1.807, 2.05) is 0 Å². The quantitative estimate of drug-likeness (QED) is 0.611. The molecule has 1 nitrogen and oxygen atoms in total. The molecule has 0 aromatic heterocycles. The Bertz CT molecular complexity index is 181. The van der Waals surface area contributed by atoms with Crippen LogP contribution in [0.4, 0.5) is 0 Å². The monoisotopic (exact) mass is 151 g/mol. The van der Waals surface area contributed by atoms with Gasteiger partial charge < -0.3 is 5.32 Å². The maximum atomic E-state index is 3.94. The van der Waals surface area contributed by atoms with Gasteiger partial charge in [-0.05, 0) is 13.3 Å². The van der Waals surface area contributed by atoms with E-state index in [2.05, 4.69) is 32.3 Å². The molecule has 1 fully saturated rings. The molecule has 1 N–H and O–H groups in total. The van der Waals surface area contributed by atoms with E-state index in [-0.39, 0.29) is 0 Å². The van der Waals surface area contributed by atoms with E-state index >= 15 is 0 Å². The molecule has 0 radical (unpaired) electrons. The van der Waals surface area contributed by atoms with Crippen LogP contribution in [0, 0.1) is 5.92 Å². The molecule has 0 spiro atoms. The van der Waals surface area contributed by atoms with Gasteiger partial charge in [-0.15, -0.1) is 0 Å². The molecule has 0 bridgehead atoms. The molecule has 0 amide bonds. The molecule has 1 aliphatic rings. The molecule has 2 unspecified atom stereocenters. The van der Waals surface area contributed by atoms with Crippen molar-refractivity contribution in [3.8, 4) is 0 Å². The molecular weight excluding hydrogens is 134 g/mol. The highest BCUT2D eigenvalue weighted by Crippen LogP contribution is 2.31. The predicted octanol–water partition coefficient (Wildman–Crippen LogP) is 2.46. The van der Waals surface area contributed by atoms with Crippen molar-refractivity contribution in [1.29, 1.82) is 0 Å². The van der Waals surface area contributed by atoms with Crippen molar-refractivity contribution in [2.45, 2.75) is 32.7 Å². The highest BCUT2D eigenvalue weighted by atomic mass is 15.0. The average Bonchev–Trinajstić information content (AvgIpc) is 1.95. The summed E-state index contributed by atoms with van der Waals surface area (Å²) in [6, 6.07) is 0.502. The van der Waals surface area contributed by atoms with E-state index in [0.717, 1.165) is 0 Å². The molecular formula is C10H17N. The molecule has 62 valence electrons. The SMILES string of the molecule is C=C1NC(C(=C)C)C1CCC. The molecule has 2 atom stereocenters. The smallest absolute Gasteiger partial charge is 0.0547 e. The molecule has 0 aromatic rings. The number of hydrogen-bond acceptors (Lipinski definition) is 1. The zero-order valence-electron chi connectivity index (χ0n) is 7.48. The number of nitrogens with one attached hydrogen (secondary N) is 1. The van der Waals surface area contributed by atoms with Crippen LogP contribution in [0.25, 0.3) is 0 Å². The van der Waals surface area contributed by atoms with E-state index in [1.165, 1.54) is 24.1 Å². The largest absolute Gasteiger partial charge is 0.381 e. The summed E-state index contributed by atoms with van der Waals surface area (Å²) in [6.07, 6.45) is 2.47. The van der Waals surface area contributed by atoms with Crippen molar-refractivity contribution in [2.24, 2.45) is 5.92 Å². The van der Waals surface area contributed by atoms with Gasteiger partial charge in [0.1, 0.15) is 0 Å². The molecule has 1 saturated heterocycles. The van der Waals surface area contributed by atoms with Crippen LogP contribution in [0.1, 0.15) is 26.7 Å². The van der Waals surface area contributed by atoms with Gasteiger partial charge in [-0.25, -0.2) is 0 Å². The normalized spacial score (nSPS) is 29.1. The van der Waals surface area contributed by atoms with Crippen molar-refractivity contribution >= 4 is 0 Å². The van der Waals surface area contributed by atoms with E-state index in [4.69, 9.17) is 0 Å². The number of hydrogen-bond donors (Lipinski definition) is 1. The molecule has 0 aromatic carbocycles. The zero-order valence-corrected chi connectivity index (χ0v) is 7.48. The minimum Gasteiger partial charge on any atom is -0.381 e. The van der Waals surface area contributed by atoms with Crippen molar-refractivity contribution < 1.29 is 0 Å². The lowest BCUT2D eigenvalue weighted by atomic mass is 9.81. The standard InChI is InChI=1S/C10H17N/c1-5-6-9-8(4)11-10(9)7(2)3/h9-11H,2,4-6H2,1,3H3. The summed E-state index contributed by atoms with van der Waals surface area (Å²) in [4.78, 5) is 0. The van der Waals surface area contributed by atoms with Crippen molar-refractivity contribution in [2.75, 3.05) is 0 Å². The fourth-order valence-corrected chi connectivity index (χ4v) is 1.63. The zero-order chi connectivity index (χ0) is 8.43. The lowest BCUT2D eigenvalue weighted by molar-refractivity contribution is 0.323. The second kappa shape index (κ2) is 3.12.